The zero-order valence-electron chi connectivity index (χ0n) is 15.5. The molecule has 1 N–H and O–H groups in total. The molecule has 2 rings (SSSR count). The van der Waals surface area contributed by atoms with E-state index in [-0.39, 0.29) is 22.1 Å². The summed E-state index contributed by atoms with van der Waals surface area (Å²) in [4.78, 5) is 23.6. The number of anilines is 1. The SMILES string of the molecule is COc1cc(/C=C/C(=O)OCC(=O)Nc2ccc(C#N)c(Cl)c2)ccc1OC(F)F. The third kappa shape index (κ3) is 6.76. The zero-order valence-corrected chi connectivity index (χ0v) is 16.3. The van der Waals surface area contributed by atoms with Gasteiger partial charge in [0.15, 0.2) is 18.1 Å². The molecule has 0 aliphatic rings. The zero-order chi connectivity index (χ0) is 22.1. The van der Waals surface area contributed by atoms with Crippen molar-refractivity contribution in [2.75, 3.05) is 19.0 Å². The highest BCUT2D eigenvalue weighted by molar-refractivity contribution is 6.32. The van der Waals surface area contributed by atoms with Crippen LogP contribution in [0.4, 0.5) is 14.5 Å². The third-order valence-corrected chi connectivity index (χ3v) is 3.85. The number of carbonyl (C=O) groups is 2. The fraction of sp³-hybridized carbons (Fsp3) is 0.150. The Morgan fingerprint density at radius 2 is 2.00 bits per heavy atom. The van der Waals surface area contributed by atoms with E-state index in [4.69, 9.17) is 26.3 Å². The Labute approximate surface area is 175 Å². The lowest BCUT2D eigenvalue weighted by Crippen LogP contribution is -2.20. The van der Waals surface area contributed by atoms with Crippen molar-refractivity contribution in [3.05, 3.63) is 58.6 Å². The van der Waals surface area contributed by atoms with Gasteiger partial charge in [-0.1, -0.05) is 17.7 Å². The maximum absolute atomic E-state index is 12.3. The lowest BCUT2D eigenvalue weighted by molar-refractivity contribution is -0.142. The molecule has 0 saturated heterocycles. The Morgan fingerprint density at radius 1 is 1.23 bits per heavy atom. The van der Waals surface area contributed by atoms with Gasteiger partial charge in [0, 0.05) is 11.8 Å². The lowest BCUT2D eigenvalue weighted by atomic mass is 10.2. The highest BCUT2D eigenvalue weighted by Gasteiger charge is 2.11. The van der Waals surface area contributed by atoms with Crippen molar-refractivity contribution in [2.24, 2.45) is 0 Å². The Hall–Kier alpha value is -3.64. The van der Waals surface area contributed by atoms with Crippen LogP contribution in [0, 0.1) is 11.3 Å². The molecule has 0 fully saturated rings. The van der Waals surface area contributed by atoms with E-state index in [0.717, 1.165) is 6.08 Å². The van der Waals surface area contributed by atoms with Crippen molar-refractivity contribution in [1.82, 2.24) is 0 Å². The fourth-order valence-corrected chi connectivity index (χ4v) is 2.43. The molecule has 156 valence electrons. The average molecular weight is 437 g/mol. The first kappa shape index (κ1) is 22.6. The summed E-state index contributed by atoms with van der Waals surface area (Å²) < 4.78 is 38.8. The lowest BCUT2D eigenvalue weighted by Gasteiger charge is -2.10. The first-order valence-corrected chi connectivity index (χ1v) is 8.67. The van der Waals surface area contributed by atoms with Crippen molar-refractivity contribution >= 4 is 35.2 Å². The number of hydrogen-bond acceptors (Lipinski definition) is 6. The molecule has 0 unspecified atom stereocenters. The number of esters is 1. The first-order valence-electron chi connectivity index (χ1n) is 8.29. The van der Waals surface area contributed by atoms with E-state index in [1.807, 2.05) is 6.07 Å². The summed E-state index contributed by atoms with van der Waals surface area (Å²) in [6, 6.07) is 10.3. The quantitative estimate of drug-likeness (QED) is 0.496. The van der Waals surface area contributed by atoms with Crippen molar-refractivity contribution in [3.63, 3.8) is 0 Å². The molecule has 0 heterocycles. The van der Waals surface area contributed by atoms with Gasteiger partial charge < -0.3 is 19.5 Å². The van der Waals surface area contributed by atoms with Crippen LogP contribution in [0.25, 0.3) is 6.08 Å². The van der Waals surface area contributed by atoms with Gasteiger partial charge in [-0.05, 0) is 42.0 Å². The molecule has 10 heteroatoms. The first-order chi connectivity index (χ1) is 14.3. The van der Waals surface area contributed by atoms with Gasteiger partial charge in [0.05, 0.1) is 17.7 Å². The number of rotatable bonds is 8. The van der Waals surface area contributed by atoms with Crippen molar-refractivity contribution in [1.29, 1.82) is 5.26 Å². The van der Waals surface area contributed by atoms with Crippen LogP contribution in [0.5, 0.6) is 11.5 Å². The molecule has 1 amide bonds. The van der Waals surface area contributed by atoms with Gasteiger partial charge in [0.2, 0.25) is 0 Å². The molecule has 0 aromatic heterocycles. The minimum atomic E-state index is -3.00. The van der Waals surface area contributed by atoms with Gasteiger partial charge in [-0.2, -0.15) is 14.0 Å². The van der Waals surface area contributed by atoms with Crippen LogP contribution < -0.4 is 14.8 Å². The van der Waals surface area contributed by atoms with E-state index in [1.54, 1.807) is 0 Å². The molecule has 0 spiro atoms. The highest BCUT2D eigenvalue weighted by atomic mass is 35.5. The van der Waals surface area contributed by atoms with Gasteiger partial charge in [-0.25, -0.2) is 4.79 Å². The second-order valence-corrected chi connectivity index (χ2v) is 5.99. The Kier molecular flexibility index (Phi) is 8.14. The van der Waals surface area contributed by atoms with E-state index < -0.39 is 25.1 Å². The summed E-state index contributed by atoms with van der Waals surface area (Å²) in [6.45, 7) is -3.55. The number of nitriles is 1. The van der Waals surface area contributed by atoms with Gasteiger partial charge in [0.25, 0.3) is 5.91 Å². The summed E-state index contributed by atoms with van der Waals surface area (Å²) in [5.41, 5.74) is 1.06. The molecular weight excluding hydrogens is 422 g/mol. The molecule has 0 bridgehead atoms. The minimum absolute atomic E-state index is 0.0614. The summed E-state index contributed by atoms with van der Waals surface area (Å²) in [5, 5.41) is 11.5. The molecule has 2 aromatic rings. The maximum atomic E-state index is 12.3. The van der Waals surface area contributed by atoms with Crippen LogP contribution in [0.15, 0.2) is 42.5 Å². The van der Waals surface area contributed by atoms with E-state index >= 15 is 0 Å². The number of amides is 1. The van der Waals surface area contributed by atoms with Gasteiger partial charge in [0.1, 0.15) is 6.07 Å². The second kappa shape index (κ2) is 10.8. The molecule has 0 aliphatic heterocycles. The van der Waals surface area contributed by atoms with Gasteiger partial charge >= 0.3 is 12.6 Å². The van der Waals surface area contributed by atoms with Crippen LogP contribution in [0.1, 0.15) is 11.1 Å². The average Bonchev–Trinajstić information content (AvgIpc) is 2.71. The molecule has 0 radical (unpaired) electrons. The maximum Gasteiger partial charge on any atom is 0.387 e. The normalized spacial score (nSPS) is 10.5. The van der Waals surface area contributed by atoms with Gasteiger partial charge in [-0.15, -0.1) is 0 Å². The number of ether oxygens (including phenoxy) is 3. The molecule has 0 aliphatic carbocycles. The predicted molar refractivity (Wildman–Crippen MR) is 104 cm³/mol. The highest BCUT2D eigenvalue weighted by Crippen LogP contribution is 2.29. The Balaban J connectivity index is 1.89. The number of halogens is 3. The number of nitrogens with one attached hydrogen (secondary N) is 1. The van der Waals surface area contributed by atoms with Crippen LogP contribution in [0.3, 0.4) is 0 Å². The number of nitrogens with zero attached hydrogens (tertiary/aromatic N) is 1. The van der Waals surface area contributed by atoms with E-state index in [0.29, 0.717) is 11.3 Å². The second-order valence-electron chi connectivity index (χ2n) is 5.58. The third-order valence-electron chi connectivity index (χ3n) is 3.53. The van der Waals surface area contributed by atoms with Crippen molar-refractivity contribution < 1.29 is 32.6 Å². The summed E-state index contributed by atoms with van der Waals surface area (Å²) in [7, 11) is 1.29. The fourth-order valence-electron chi connectivity index (χ4n) is 2.21. The number of methoxy groups -OCH3 is 1. The largest absolute Gasteiger partial charge is 0.493 e. The van der Waals surface area contributed by atoms with Crippen LogP contribution in [-0.2, 0) is 14.3 Å². The number of carbonyl (C=O) groups excluding carboxylic acids is 2. The molecule has 2 aromatic carbocycles. The smallest absolute Gasteiger partial charge is 0.387 e. The molecule has 7 nitrogen and oxygen atoms in total. The van der Waals surface area contributed by atoms with Crippen LogP contribution >= 0.6 is 11.6 Å². The van der Waals surface area contributed by atoms with E-state index in [1.165, 1.54) is 49.6 Å². The topological polar surface area (TPSA) is 97.6 Å². The summed E-state index contributed by atoms with van der Waals surface area (Å²) >= 11 is 5.87. The number of hydrogen-bond donors (Lipinski definition) is 1. The summed E-state index contributed by atoms with van der Waals surface area (Å²) in [5.74, 6) is -1.49. The van der Waals surface area contributed by atoms with Crippen molar-refractivity contribution in [3.8, 4) is 17.6 Å². The summed E-state index contributed by atoms with van der Waals surface area (Å²) in [6.07, 6.45) is 2.42. The molecule has 0 saturated carbocycles. The Morgan fingerprint density at radius 3 is 2.63 bits per heavy atom. The number of alkyl halides is 2. The number of benzene rings is 2. The van der Waals surface area contributed by atoms with E-state index in [2.05, 4.69) is 10.1 Å². The monoisotopic (exact) mass is 436 g/mol. The molecular formula is C20H15ClF2N2O5. The Bertz CT molecular complexity index is 1010. The standard InChI is InChI=1S/C20H15ClF2N2O5/c1-28-17-8-12(2-6-16(17)30-20(22)23)3-7-19(27)29-11-18(26)25-14-5-4-13(10-24)15(21)9-14/h2-9,20H,11H2,1H3,(H,25,26)/b7-3+. The van der Waals surface area contributed by atoms with Crippen molar-refractivity contribution in [2.45, 2.75) is 6.61 Å². The predicted octanol–water partition coefficient (Wildman–Crippen LogP) is 4.02. The minimum Gasteiger partial charge on any atom is -0.493 e. The molecule has 30 heavy (non-hydrogen) atoms. The van der Waals surface area contributed by atoms with Gasteiger partial charge in [-0.3, -0.25) is 4.79 Å². The molecule has 0 atom stereocenters. The van der Waals surface area contributed by atoms with Crippen LogP contribution in [-0.4, -0.2) is 32.2 Å². The van der Waals surface area contributed by atoms with E-state index in [9.17, 15) is 18.4 Å². The van der Waals surface area contributed by atoms with Crippen LogP contribution in [0.2, 0.25) is 5.02 Å².